The number of hydrogen-bond donors (Lipinski definition) is 3. The number of H-pyrrole nitrogens is 1. The van der Waals surface area contributed by atoms with Crippen molar-refractivity contribution >= 4 is 16.8 Å². The number of morpholine rings is 1. The van der Waals surface area contributed by atoms with Crippen LogP contribution in [0.5, 0.6) is 0 Å². The average molecular weight is 520 g/mol. The van der Waals surface area contributed by atoms with E-state index in [0.717, 1.165) is 81.1 Å². The van der Waals surface area contributed by atoms with Gasteiger partial charge in [0.05, 0.1) is 18.9 Å². The molecule has 5 N–H and O–H groups in total. The van der Waals surface area contributed by atoms with Gasteiger partial charge in [-0.05, 0) is 66.5 Å². The van der Waals surface area contributed by atoms with Crippen LogP contribution in [0.1, 0.15) is 61.6 Å². The molecule has 2 aliphatic rings. The maximum Gasteiger partial charge on any atom is 0.223 e. The molecule has 2 saturated heterocycles. The normalized spacial score (nSPS) is 18.1. The molecule has 2 aromatic heterocycles. The highest BCUT2D eigenvalue weighted by molar-refractivity contribution is 5.92. The second-order valence-corrected chi connectivity index (χ2v) is 11.0. The highest BCUT2D eigenvalue weighted by Gasteiger charge is 2.25. The smallest absolute Gasteiger partial charge is 0.223 e. The van der Waals surface area contributed by atoms with Crippen LogP contribution in [-0.2, 0) is 9.53 Å². The molecule has 9 nitrogen and oxygen atoms in total. The van der Waals surface area contributed by atoms with Crippen LogP contribution in [0, 0.1) is 6.92 Å². The molecule has 1 aromatic carbocycles. The van der Waals surface area contributed by atoms with Crippen LogP contribution in [0.3, 0.4) is 0 Å². The topological polar surface area (TPSA) is 118 Å². The number of carbonyl (C=O) groups is 1. The first kappa shape index (κ1) is 26.3. The number of benzene rings is 1. The summed E-state index contributed by atoms with van der Waals surface area (Å²) in [6.45, 7) is 12.3. The minimum absolute atomic E-state index is 0.281. The van der Waals surface area contributed by atoms with E-state index in [-0.39, 0.29) is 5.91 Å². The summed E-state index contributed by atoms with van der Waals surface area (Å²) in [6.07, 6.45) is 4.48. The number of nitrogen functional groups attached to an aromatic ring is 1. The number of piperidine rings is 1. The number of aromatic nitrogens is 2. The monoisotopic (exact) mass is 519 g/mol. The Balaban J connectivity index is 1.32. The Morgan fingerprint density at radius 1 is 1.16 bits per heavy atom. The molecule has 4 heterocycles. The Bertz CT molecular complexity index is 1330. The van der Waals surface area contributed by atoms with Crippen molar-refractivity contribution in [3.05, 3.63) is 52.6 Å². The molecule has 0 saturated carbocycles. The standard InChI is InChI=1S/C29H41N7O2/c1-19(2)27-24-17-22(4-5-25(24)32-28(27)23-16-20(3)29(33-30)36(31)18-23)21-6-10-35(11-7-21)26(37)8-9-34-12-14-38-15-13-34/h4-5,16-19,21,32H,6-15,30-31H2,1-3H3/b33-29-. The van der Waals surface area contributed by atoms with Gasteiger partial charge in [0.15, 0.2) is 5.49 Å². The summed E-state index contributed by atoms with van der Waals surface area (Å²) in [6, 6.07) is 8.89. The van der Waals surface area contributed by atoms with E-state index >= 15 is 0 Å². The van der Waals surface area contributed by atoms with E-state index in [1.165, 1.54) is 21.2 Å². The highest BCUT2D eigenvalue weighted by atomic mass is 16.5. The molecule has 3 aromatic rings. The van der Waals surface area contributed by atoms with Gasteiger partial charge in [-0.2, -0.15) is 5.10 Å². The summed E-state index contributed by atoms with van der Waals surface area (Å²) >= 11 is 0. The number of carbonyl (C=O) groups excluding carboxylic acids is 1. The van der Waals surface area contributed by atoms with Gasteiger partial charge < -0.3 is 26.3 Å². The number of aryl methyl sites for hydroxylation is 1. The molecular weight excluding hydrogens is 478 g/mol. The zero-order valence-corrected chi connectivity index (χ0v) is 22.9. The Morgan fingerprint density at radius 3 is 2.55 bits per heavy atom. The van der Waals surface area contributed by atoms with Crippen LogP contribution in [0.25, 0.3) is 22.2 Å². The molecule has 38 heavy (non-hydrogen) atoms. The zero-order valence-electron chi connectivity index (χ0n) is 22.9. The van der Waals surface area contributed by atoms with Gasteiger partial charge in [0.1, 0.15) is 0 Å². The van der Waals surface area contributed by atoms with Crippen LogP contribution < -0.4 is 17.2 Å². The fraction of sp³-hybridized carbons (Fsp3) is 0.517. The lowest BCUT2D eigenvalue weighted by Gasteiger charge is -2.33. The molecule has 0 spiro atoms. The third-order valence-electron chi connectivity index (χ3n) is 8.16. The number of aromatic amines is 1. The molecule has 0 aliphatic carbocycles. The molecular formula is C29H41N7O2. The number of pyridine rings is 1. The second-order valence-electron chi connectivity index (χ2n) is 11.0. The van der Waals surface area contributed by atoms with E-state index in [0.29, 0.717) is 23.7 Å². The van der Waals surface area contributed by atoms with Gasteiger partial charge >= 0.3 is 0 Å². The number of ether oxygens (including phenoxy) is 1. The second kappa shape index (κ2) is 11.2. The van der Waals surface area contributed by atoms with Gasteiger partial charge in [-0.25, -0.2) is 0 Å². The summed E-state index contributed by atoms with van der Waals surface area (Å²) in [5.41, 5.74) is 7.34. The average Bonchev–Trinajstić information content (AvgIpc) is 3.31. The van der Waals surface area contributed by atoms with Crippen molar-refractivity contribution < 1.29 is 9.53 Å². The number of fused-ring (bicyclic) bond motifs is 1. The first-order chi connectivity index (χ1) is 18.4. The maximum absolute atomic E-state index is 12.8. The first-order valence-electron chi connectivity index (χ1n) is 13.8. The van der Waals surface area contributed by atoms with Gasteiger partial charge in [0.25, 0.3) is 0 Å². The summed E-state index contributed by atoms with van der Waals surface area (Å²) < 4.78 is 6.90. The van der Waals surface area contributed by atoms with Crippen molar-refractivity contribution in [3.8, 4) is 11.3 Å². The van der Waals surface area contributed by atoms with E-state index in [2.05, 4.69) is 58.0 Å². The van der Waals surface area contributed by atoms with Crippen LogP contribution in [-0.4, -0.2) is 71.3 Å². The third kappa shape index (κ3) is 5.31. The number of amides is 1. The van der Waals surface area contributed by atoms with E-state index in [1.54, 1.807) is 0 Å². The van der Waals surface area contributed by atoms with Crippen molar-refractivity contribution in [2.75, 3.05) is 51.8 Å². The molecule has 1 amide bonds. The van der Waals surface area contributed by atoms with Crippen LogP contribution in [0.2, 0.25) is 0 Å². The van der Waals surface area contributed by atoms with Gasteiger partial charge in [0, 0.05) is 61.8 Å². The van der Waals surface area contributed by atoms with Gasteiger partial charge in [-0.3, -0.25) is 14.4 Å². The Hall–Kier alpha value is -3.30. The van der Waals surface area contributed by atoms with Crippen molar-refractivity contribution in [1.82, 2.24) is 19.5 Å². The van der Waals surface area contributed by atoms with E-state index < -0.39 is 0 Å². The fourth-order valence-corrected chi connectivity index (χ4v) is 6.07. The van der Waals surface area contributed by atoms with Crippen molar-refractivity contribution in [2.45, 2.75) is 51.9 Å². The minimum atomic E-state index is 0.281. The summed E-state index contributed by atoms with van der Waals surface area (Å²) in [7, 11) is 0. The quantitative estimate of drug-likeness (QED) is 0.342. The maximum atomic E-state index is 12.8. The molecule has 9 heteroatoms. The van der Waals surface area contributed by atoms with Gasteiger partial charge in [-0.1, -0.05) is 19.9 Å². The Labute approximate surface area is 224 Å². The summed E-state index contributed by atoms with van der Waals surface area (Å²) in [5, 5.41) is 5.07. The number of nitrogens with zero attached hydrogens (tertiary/aromatic N) is 4. The number of nitrogens with two attached hydrogens (primary N) is 2. The van der Waals surface area contributed by atoms with E-state index in [4.69, 9.17) is 16.4 Å². The molecule has 0 bridgehead atoms. The molecule has 2 fully saturated rings. The molecule has 0 atom stereocenters. The highest BCUT2D eigenvalue weighted by Crippen LogP contribution is 2.38. The lowest BCUT2D eigenvalue weighted by Crippen LogP contribution is -2.41. The lowest BCUT2D eigenvalue weighted by molar-refractivity contribution is -0.132. The fourth-order valence-electron chi connectivity index (χ4n) is 6.07. The molecule has 0 unspecified atom stereocenters. The number of nitrogens with one attached hydrogen (secondary N) is 1. The number of hydrogen-bond acceptors (Lipinski definition) is 6. The third-order valence-corrected chi connectivity index (χ3v) is 8.16. The zero-order chi connectivity index (χ0) is 26.8. The van der Waals surface area contributed by atoms with E-state index in [1.807, 2.05) is 13.1 Å². The van der Waals surface area contributed by atoms with E-state index in [9.17, 15) is 4.79 Å². The Morgan fingerprint density at radius 2 is 1.89 bits per heavy atom. The van der Waals surface area contributed by atoms with Crippen LogP contribution in [0.15, 0.2) is 35.6 Å². The molecule has 204 valence electrons. The number of likely N-dealkylation sites (tertiary alicyclic amines) is 1. The molecule has 2 aliphatic heterocycles. The predicted octanol–water partition coefficient (Wildman–Crippen LogP) is 2.98. The van der Waals surface area contributed by atoms with Gasteiger partial charge in [0.2, 0.25) is 5.91 Å². The lowest BCUT2D eigenvalue weighted by atomic mass is 9.87. The molecule has 5 rings (SSSR count). The van der Waals surface area contributed by atoms with Crippen molar-refractivity contribution in [3.63, 3.8) is 0 Å². The summed E-state index contributed by atoms with van der Waals surface area (Å²) in [4.78, 5) is 20.9. The van der Waals surface area contributed by atoms with Gasteiger partial charge in [-0.15, -0.1) is 0 Å². The predicted molar refractivity (Wildman–Crippen MR) is 151 cm³/mol. The minimum Gasteiger partial charge on any atom is -0.379 e. The van der Waals surface area contributed by atoms with Crippen LogP contribution >= 0.6 is 0 Å². The van der Waals surface area contributed by atoms with Crippen molar-refractivity contribution in [2.24, 2.45) is 10.9 Å². The van der Waals surface area contributed by atoms with Crippen LogP contribution in [0.4, 0.5) is 0 Å². The van der Waals surface area contributed by atoms with Crippen molar-refractivity contribution in [1.29, 1.82) is 0 Å². The largest absolute Gasteiger partial charge is 0.379 e. The first-order valence-corrected chi connectivity index (χ1v) is 13.8. The SMILES string of the molecule is Cc1cc(-c2[nH]c3ccc(C4CCN(C(=O)CCN5CCOCC5)CC4)cc3c2C(C)C)cn(N)/c1=N\N. The summed E-state index contributed by atoms with van der Waals surface area (Å²) in [5.74, 6) is 12.8. The molecule has 0 radical (unpaired) electrons. The Kier molecular flexibility index (Phi) is 7.76. The number of rotatable bonds is 6.